The Hall–Kier alpha value is -1.89. The molecule has 0 radical (unpaired) electrons. The molecule has 0 spiro atoms. The second kappa shape index (κ2) is 6.04. The van der Waals surface area contributed by atoms with Gasteiger partial charge in [0.2, 0.25) is 11.8 Å². The molecule has 1 aliphatic rings. The predicted octanol–water partition coefficient (Wildman–Crippen LogP) is 1.64. The van der Waals surface area contributed by atoms with Gasteiger partial charge in [-0.05, 0) is 24.3 Å². The number of thiophene rings is 1. The summed E-state index contributed by atoms with van der Waals surface area (Å²) in [6.45, 7) is 2.57. The molecule has 2 rings (SSSR count). The number of nitrogens with zero attached hydrogens (tertiary/aromatic N) is 1. The Morgan fingerprint density at radius 3 is 2.85 bits per heavy atom. The molecule has 1 aromatic heterocycles. The third kappa shape index (κ3) is 3.16. The van der Waals surface area contributed by atoms with Crippen LogP contribution in [-0.2, 0) is 9.59 Å². The van der Waals surface area contributed by atoms with E-state index in [2.05, 4.69) is 5.32 Å². The van der Waals surface area contributed by atoms with Crippen LogP contribution >= 0.6 is 11.3 Å². The van der Waals surface area contributed by atoms with Gasteiger partial charge in [-0.25, -0.2) is 4.79 Å². The van der Waals surface area contributed by atoms with Crippen molar-refractivity contribution in [2.75, 3.05) is 18.4 Å². The molecule has 1 aliphatic heterocycles. The van der Waals surface area contributed by atoms with Crippen molar-refractivity contribution in [2.45, 2.75) is 19.8 Å². The van der Waals surface area contributed by atoms with Gasteiger partial charge in [-0.3, -0.25) is 9.59 Å². The van der Waals surface area contributed by atoms with Crippen LogP contribution in [0.2, 0.25) is 0 Å². The molecule has 0 aromatic carbocycles. The third-order valence-corrected chi connectivity index (χ3v) is 4.20. The van der Waals surface area contributed by atoms with Gasteiger partial charge in [0.1, 0.15) is 5.00 Å². The Kier molecular flexibility index (Phi) is 4.39. The van der Waals surface area contributed by atoms with E-state index < -0.39 is 5.97 Å². The molecule has 1 saturated heterocycles. The zero-order chi connectivity index (χ0) is 14.7. The minimum atomic E-state index is -1.06. The lowest BCUT2D eigenvalue weighted by atomic mass is 9.97. The third-order valence-electron chi connectivity index (χ3n) is 3.37. The van der Waals surface area contributed by atoms with Crippen molar-refractivity contribution in [3.8, 4) is 0 Å². The van der Waals surface area contributed by atoms with E-state index in [1.807, 2.05) is 0 Å². The van der Waals surface area contributed by atoms with Crippen LogP contribution in [0.15, 0.2) is 11.4 Å². The summed E-state index contributed by atoms with van der Waals surface area (Å²) in [7, 11) is 0. The number of carboxylic acid groups (broad SMARTS) is 1. The number of likely N-dealkylation sites (tertiary alicyclic amines) is 1. The van der Waals surface area contributed by atoms with Gasteiger partial charge in [0, 0.05) is 20.0 Å². The monoisotopic (exact) mass is 296 g/mol. The van der Waals surface area contributed by atoms with E-state index in [9.17, 15) is 14.4 Å². The maximum Gasteiger partial charge on any atom is 0.338 e. The van der Waals surface area contributed by atoms with Crippen molar-refractivity contribution >= 4 is 34.1 Å². The number of anilines is 1. The Balaban J connectivity index is 2.02. The number of hydrogen-bond acceptors (Lipinski definition) is 4. The van der Waals surface area contributed by atoms with Crippen LogP contribution in [0.1, 0.15) is 30.1 Å². The topological polar surface area (TPSA) is 86.7 Å². The minimum Gasteiger partial charge on any atom is -0.478 e. The predicted molar refractivity (Wildman–Crippen MR) is 74.9 cm³/mol. The second-order valence-electron chi connectivity index (χ2n) is 4.76. The highest BCUT2D eigenvalue weighted by atomic mass is 32.1. The molecule has 6 nitrogen and oxygen atoms in total. The summed E-state index contributed by atoms with van der Waals surface area (Å²) in [5, 5.41) is 13.6. The fourth-order valence-corrected chi connectivity index (χ4v) is 3.05. The molecule has 0 saturated carbocycles. The van der Waals surface area contributed by atoms with Crippen LogP contribution < -0.4 is 5.32 Å². The van der Waals surface area contributed by atoms with Gasteiger partial charge in [0.25, 0.3) is 0 Å². The molecule has 20 heavy (non-hydrogen) atoms. The first-order chi connectivity index (χ1) is 9.49. The largest absolute Gasteiger partial charge is 0.478 e. The van der Waals surface area contributed by atoms with Gasteiger partial charge < -0.3 is 15.3 Å². The summed E-state index contributed by atoms with van der Waals surface area (Å²) in [5.41, 5.74) is 0.0996. The molecule has 7 heteroatoms. The summed E-state index contributed by atoms with van der Waals surface area (Å²) >= 11 is 1.18. The highest BCUT2D eigenvalue weighted by Gasteiger charge is 2.28. The molecular formula is C13H16N2O4S. The van der Waals surface area contributed by atoms with Crippen LogP contribution in [0.4, 0.5) is 5.00 Å². The molecule has 1 aromatic rings. The van der Waals surface area contributed by atoms with Crippen LogP contribution in [0.3, 0.4) is 0 Å². The number of carbonyl (C=O) groups excluding carboxylic acids is 2. The van der Waals surface area contributed by atoms with Crippen molar-refractivity contribution in [2.24, 2.45) is 5.92 Å². The van der Waals surface area contributed by atoms with E-state index in [0.29, 0.717) is 24.5 Å². The normalized spacial score (nSPS) is 18.6. The molecule has 2 N–H and O–H groups in total. The fourth-order valence-electron chi connectivity index (χ4n) is 2.27. The number of carbonyl (C=O) groups is 3. The van der Waals surface area contributed by atoms with E-state index in [0.717, 1.165) is 6.42 Å². The number of aromatic carboxylic acids is 1. The Bertz CT molecular complexity index is 540. The molecule has 1 fully saturated rings. The lowest BCUT2D eigenvalue weighted by Crippen LogP contribution is -2.42. The van der Waals surface area contributed by atoms with E-state index in [1.165, 1.54) is 24.3 Å². The number of amides is 2. The van der Waals surface area contributed by atoms with E-state index in [-0.39, 0.29) is 23.3 Å². The van der Waals surface area contributed by atoms with Crippen molar-refractivity contribution in [1.29, 1.82) is 0 Å². The summed E-state index contributed by atoms with van der Waals surface area (Å²) in [6.07, 6.45) is 1.50. The quantitative estimate of drug-likeness (QED) is 0.887. The van der Waals surface area contributed by atoms with Crippen LogP contribution in [0.5, 0.6) is 0 Å². The maximum absolute atomic E-state index is 12.2. The lowest BCUT2D eigenvalue weighted by Gasteiger charge is -2.31. The zero-order valence-corrected chi connectivity index (χ0v) is 11.9. The summed E-state index contributed by atoms with van der Waals surface area (Å²) in [5.74, 6) is -1.60. The average Bonchev–Trinajstić information content (AvgIpc) is 2.87. The average molecular weight is 296 g/mol. The number of carboxylic acids is 1. The minimum absolute atomic E-state index is 0.0372. The molecule has 2 amide bonds. The number of hydrogen-bond donors (Lipinski definition) is 2. The number of nitrogens with one attached hydrogen (secondary N) is 1. The smallest absolute Gasteiger partial charge is 0.338 e. The first-order valence-electron chi connectivity index (χ1n) is 6.36. The molecule has 0 aliphatic carbocycles. The van der Waals surface area contributed by atoms with E-state index in [1.54, 1.807) is 10.3 Å². The van der Waals surface area contributed by atoms with Crippen LogP contribution in [0.25, 0.3) is 0 Å². The Morgan fingerprint density at radius 2 is 2.20 bits per heavy atom. The van der Waals surface area contributed by atoms with Gasteiger partial charge in [0.15, 0.2) is 0 Å². The van der Waals surface area contributed by atoms with Gasteiger partial charge in [-0.2, -0.15) is 0 Å². The maximum atomic E-state index is 12.2. The van der Waals surface area contributed by atoms with Gasteiger partial charge in [-0.1, -0.05) is 0 Å². The van der Waals surface area contributed by atoms with Crippen molar-refractivity contribution in [3.05, 3.63) is 17.0 Å². The highest BCUT2D eigenvalue weighted by molar-refractivity contribution is 7.14. The molecule has 0 bridgehead atoms. The summed E-state index contributed by atoms with van der Waals surface area (Å²) < 4.78 is 0. The standard InChI is InChI=1S/C13H16N2O4S/c1-8(16)15-5-2-3-9(7-15)11(17)14-12-10(13(18)19)4-6-20-12/h4,6,9H,2-3,5,7H2,1H3,(H,14,17)(H,18,19). The molecule has 1 atom stereocenters. The molecule has 108 valence electrons. The van der Waals surface area contributed by atoms with Crippen molar-refractivity contribution < 1.29 is 19.5 Å². The Morgan fingerprint density at radius 1 is 1.45 bits per heavy atom. The number of rotatable bonds is 3. The summed E-state index contributed by atoms with van der Waals surface area (Å²) in [6, 6.07) is 1.46. The van der Waals surface area contributed by atoms with Gasteiger partial charge in [-0.15, -0.1) is 11.3 Å². The first-order valence-corrected chi connectivity index (χ1v) is 7.24. The Labute approximate surface area is 120 Å². The second-order valence-corrected chi connectivity index (χ2v) is 5.68. The van der Waals surface area contributed by atoms with Crippen molar-refractivity contribution in [3.63, 3.8) is 0 Å². The van der Waals surface area contributed by atoms with Gasteiger partial charge >= 0.3 is 5.97 Å². The SMILES string of the molecule is CC(=O)N1CCCC(C(=O)Nc2sccc2C(=O)O)C1. The van der Waals surface area contributed by atoms with E-state index >= 15 is 0 Å². The first kappa shape index (κ1) is 14.5. The lowest BCUT2D eigenvalue weighted by molar-refractivity contribution is -0.132. The zero-order valence-electron chi connectivity index (χ0n) is 11.1. The molecule has 1 unspecified atom stereocenters. The molecular weight excluding hydrogens is 280 g/mol. The summed E-state index contributed by atoms with van der Waals surface area (Å²) in [4.78, 5) is 36.2. The number of piperidine rings is 1. The van der Waals surface area contributed by atoms with Gasteiger partial charge in [0.05, 0.1) is 11.5 Å². The van der Waals surface area contributed by atoms with E-state index in [4.69, 9.17) is 5.11 Å². The van der Waals surface area contributed by atoms with Crippen LogP contribution in [-0.4, -0.2) is 40.9 Å². The molecule has 2 heterocycles. The fraction of sp³-hybridized carbons (Fsp3) is 0.462. The van der Waals surface area contributed by atoms with Crippen molar-refractivity contribution in [1.82, 2.24) is 4.90 Å². The van der Waals surface area contributed by atoms with Crippen LogP contribution in [0, 0.1) is 5.92 Å². The highest BCUT2D eigenvalue weighted by Crippen LogP contribution is 2.25.